The normalized spacial score (nSPS) is 20.4. The maximum absolute atomic E-state index is 14.5. The molecule has 11 amide bonds. The maximum Gasteiger partial charge on any atom is 0.248 e. The summed E-state index contributed by atoms with van der Waals surface area (Å²) in [6.45, 7) is 29.4. The van der Waals surface area contributed by atoms with Crippen molar-refractivity contribution in [2.45, 2.75) is 247 Å². The van der Waals surface area contributed by atoms with Crippen LogP contribution in [-0.4, -0.2) is 176 Å². The Balaban J connectivity index is 1.74. The van der Waals surface area contributed by atoms with Gasteiger partial charge < -0.3 is 62.3 Å². The quantitative estimate of drug-likeness (QED) is 0.0543. The minimum absolute atomic E-state index is 0.108. The number of rotatable bonds is 28. The van der Waals surface area contributed by atoms with E-state index in [0.29, 0.717) is 57.9 Å². The highest BCUT2D eigenvalue weighted by molar-refractivity contribution is 6.01. The zero-order chi connectivity index (χ0) is 61.6. The Hall–Kier alpha value is -5.87. The lowest BCUT2D eigenvalue weighted by molar-refractivity contribution is -0.147. The number of hydrogen-bond acceptors (Lipinski definition) is 12. The predicted octanol–water partition coefficient (Wildman–Crippen LogP) is 1.92. The number of carbonyl (C=O) groups is 11. The highest BCUT2D eigenvalue weighted by Crippen LogP contribution is 2.27. The van der Waals surface area contributed by atoms with Gasteiger partial charge in [-0.15, -0.1) is 0 Å². The first-order valence-electron chi connectivity index (χ1n) is 29.5. The fourth-order valence-electron chi connectivity index (χ4n) is 10.9. The number of likely N-dealkylation sites (tertiary alicyclic amines) is 3. The van der Waals surface area contributed by atoms with Gasteiger partial charge in [0, 0.05) is 26.6 Å². The van der Waals surface area contributed by atoms with Gasteiger partial charge in [-0.1, -0.05) is 82.1 Å². The van der Waals surface area contributed by atoms with Crippen molar-refractivity contribution in [3.8, 4) is 0 Å². The van der Waals surface area contributed by atoms with Crippen LogP contribution in [0.1, 0.15) is 182 Å². The number of aliphatic hydroxyl groups is 1. The first-order chi connectivity index (χ1) is 37.5. The van der Waals surface area contributed by atoms with E-state index in [4.69, 9.17) is 0 Å². The molecule has 3 saturated heterocycles. The van der Waals surface area contributed by atoms with Crippen LogP contribution in [0, 0.1) is 29.6 Å². The Morgan fingerprint density at radius 1 is 0.469 bits per heavy atom. The molecule has 460 valence electrons. The summed E-state index contributed by atoms with van der Waals surface area (Å²) in [4.78, 5) is 157. The molecular formula is C58H101N11O12. The molecule has 9 N–H and O–H groups in total. The van der Waals surface area contributed by atoms with Crippen LogP contribution in [0.5, 0.6) is 0 Å². The summed E-state index contributed by atoms with van der Waals surface area (Å²) in [7, 11) is 0. The van der Waals surface area contributed by atoms with Gasteiger partial charge in [-0.3, -0.25) is 52.7 Å². The molecule has 23 heteroatoms. The molecule has 3 heterocycles. The van der Waals surface area contributed by atoms with Gasteiger partial charge in [-0.05, 0) is 122 Å². The number of hydrogen-bond donors (Lipinski definition) is 9. The van der Waals surface area contributed by atoms with Crippen molar-refractivity contribution < 1.29 is 57.8 Å². The van der Waals surface area contributed by atoms with Gasteiger partial charge in [0.1, 0.15) is 58.9 Å². The van der Waals surface area contributed by atoms with Gasteiger partial charge >= 0.3 is 0 Å². The smallest absolute Gasteiger partial charge is 0.248 e. The molecule has 81 heavy (non-hydrogen) atoms. The molecule has 3 aliphatic heterocycles. The van der Waals surface area contributed by atoms with E-state index in [1.165, 1.54) is 49.3 Å². The van der Waals surface area contributed by atoms with Gasteiger partial charge in [-0.25, -0.2) is 0 Å². The van der Waals surface area contributed by atoms with Crippen LogP contribution in [0.3, 0.4) is 0 Å². The van der Waals surface area contributed by atoms with E-state index in [-0.39, 0.29) is 56.2 Å². The fourth-order valence-corrected chi connectivity index (χ4v) is 10.9. The van der Waals surface area contributed by atoms with Crippen molar-refractivity contribution in [3.63, 3.8) is 0 Å². The molecular weight excluding hydrogens is 1040 g/mol. The van der Waals surface area contributed by atoms with E-state index in [1.54, 1.807) is 34.6 Å². The van der Waals surface area contributed by atoms with Crippen molar-refractivity contribution in [1.29, 1.82) is 0 Å². The molecule has 3 aliphatic rings. The number of nitrogens with zero attached hydrogens (tertiary/aromatic N) is 3. The molecule has 0 radical (unpaired) electrons. The summed E-state index contributed by atoms with van der Waals surface area (Å²) in [6, 6.07) is -7.56. The van der Waals surface area contributed by atoms with E-state index in [0.717, 1.165) is 0 Å². The van der Waals surface area contributed by atoms with Crippen LogP contribution in [0.25, 0.3) is 0 Å². The molecule has 0 saturated carbocycles. The van der Waals surface area contributed by atoms with E-state index in [2.05, 4.69) is 42.5 Å². The Labute approximate surface area is 481 Å². The summed E-state index contributed by atoms with van der Waals surface area (Å²) in [6.07, 6.45) is 4.25. The summed E-state index contributed by atoms with van der Waals surface area (Å²) in [5, 5.41) is 32.3. The van der Waals surface area contributed by atoms with Gasteiger partial charge in [0.25, 0.3) is 0 Å². The van der Waals surface area contributed by atoms with Crippen LogP contribution in [-0.2, 0) is 52.7 Å². The van der Waals surface area contributed by atoms with Crippen LogP contribution < -0.4 is 42.5 Å². The first kappa shape index (κ1) is 69.4. The number of aliphatic hydroxyl groups excluding tert-OH is 1. The summed E-state index contributed by atoms with van der Waals surface area (Å²) < 4.78 is 0. The second-order valence-corrected chi connectivity index (χ2v) is 25.7. The molecule has 0 aromatic heterocycles. The van der Waals surface area contributed by atoms with Crippen molar-refractivity contribution in [2.75, 3.05) is 26.2 Å². The average Bonchev–Trinajstić information content (AvgIpc) is 4.34. The molecule has 10 atom stereocenters. The Bertz CT molecular complexity index is 2270. The zero-order valence-corrected chi connectivity index (χ0v) is 51.7. The van der Waals surface area contributed by atoms with E-state index < -0.39 is 136 Å². The SMILES string of the molecule is CC[C@H](C)[C@H](NC(C)=O)C(=O)NC(C)(C)C(=O)N1CCC[C@H]1C(=O)N[C@H](C(=O)NC(C)(C)C(=O)N1CCC[C@H]1C(=O)N[C@@H](CC(C)C)C(=O)N[C@H](C(=O)NC(C)(C)C(=O)N1CCC[C@H]1C(=O)N[C@H](CO)CC(C)C)[C@@H](C)CC)C(C)C. The molecule has 0 spiro atoms. The van der Waals surface area contributed by atoms with Crippen LogP contribution in [0.4, 0.5) is 0 Å². The lowest BCUT2D eigenvalue weighted by Crippen LogP contribution is -2.64. The van der Waals surface area contributed by atoms with E-state index in [9.17, 15) is 57.8 Å². The highest BCUT2D eigenvalue weighted by atomic mass is 16.3. The van der Waals surface area contributed by atoms with Gasteiger partial charge in [0.15, 0.2) is 0 Å². The largest absolute Gasteiger partial charge is 0.394 e. The Kier molecular flexibility index (Phi) is 25.6. The van der Waals surface area contributed by atoms with Gasteiger partial charge in [-0.2, -0.15) is 0 Å². The molecule has 0 aromatic carbocycles. The van der Waals surface area contributed by atoms with Crippen molar-refractivity contribution >= 4 is 65.0 Å². The second kappa shape index (κ2) is 29.9. The van der Waals surface area contributed by atoms with Crippen molar-refractivity contribution in [1.82, 2.24) is 57.2 Å². The lowest BCUT2D eigenvalue weighted by Gasteiger charge is -2.36. The van der Waals surface area contributed by atoms with Crippen molar-refractivity contribution in [2.24, 2.45) is 29.6 Å². The third-order valence-electron chi connectivity index (χ3n) is 15.9. The summed E-state index contributed by atoms with van der Waals surface area (Å²) >= 11 is 0. The monoisotopic (exact) mass is 1140 g/mol. The highest BCUT2D eigenvalue weighted by Gasteiger charge is 2.47. The number of carbonyl (C=O) groups excluding carboxylic acids is 11. The molecule has 23 nitrogen and oxygen atoms in total. The average molecular weight is 1140 g/mol. The van der Waals surface area contributed by atoms with E-state index >= 15 is 0 Å². The molecule has 0 aliphatic carbocycles. The Morgan fingerprint density at radius 3 is 1.15 bits per heavy atom. The molecule has 0 unspecified atom stereocenters. The summed E-state index contributed by atoms with van der Waals surface area (Å²) in [5.74, 6) is -7.05. The van der Waals surface area contributed by atoms with Gasteiger partial charge in [0.05, 0.1) is 12.6 Å². The molecule has 0 aromatic rings. The van der Waals surface area contributed by atoms with Crippen LogP contribution >= 0.6 is 0 Å². The minimum atomic E-state index is -1.60. The number of amides is 11. The maximum atomic E-state index is 14.5. The predicted molar refractivity (Wildman–Crippen MR) is 306 cm³/mol. The first-order valence-corrected chi connectivity index (χ1v) is 29.5. The molecule has 3 fully saturated rings. The third-order valence-corrected chi connectivity index (χ3v) is 15.9. The number of nitrogens with one attached hydrogen (secondary N) is 8. The van der Waals surface area contributed by atoms with Crippen LogP contribution in [0.2, 0.25) is 0 Å². The topological polar surface area (TPSA) is 314 Å². The van der Waals surface area contributed by atoms with E-state index in [1.807, 2.05) is 48.5 Å². The van der Waals surface area contributed by atoms with Crippen LogP contribution in [0.15, 0.2) is 0 Å². The fraction of sp³-hybridized carbons (Fsp3) is 0.810. The standard InChI is InChI=1S/C58H101N11O12/c1-18-35(9)44(59-37(11)71)51(77)65-57(14,15)55(81)69-28-22-25-42(69)49(75)62-43(34(7)8)50(76)64-56(12,13)53(79)68-27-21-24-41(68)48(74)61-39(30-33(5)6)46(72)63-45(36(10)19-2)52(78)66-58(16,17)54(80)67-26-20-23-40(67)47(73)60-38(31-70)29-32(3)4/h32-36,38-45,70H,18-31H2,1-17H3,(H,59,71)(H,60,73)(H,61,74)(H,62,75)(H,63,72)(H,64,76)(H,65,77)(H,66,78)/t35-,36-,38-,39-,40-,41-,42-,43-,44-,45-/m0/s1. The molecule has 0 bridgehead atoms. The summed E-state index contributed by atoms with van der Waals surface area (Å²) in [5.41, 5.74) is -4.56. The van der Waals surface area contributed by atoms with Gasteiger partial charge in [0.2, 0.25) is 65.0 Å². The minimum Gasteiger partial charge on any atom is -0.394 e. The second-order valence-electron chi connectivity index (χ2n) is 25.7. The van der Waals surface area contributed by atoms with Crippen molar-refractivity contribution in [3.05, 3.63) is 0 Å². The Morgan fingerprint density at radius 2 is 0.815 bits per heavy atom. The molecule has 3 rings (SSSR count). The lowest BCUT2D eigenvalue weighted by atomic mass is 9.94. The zero-order valence-electron chi connectivity index (χ0n) is 51.7. The third kappa shape index (κ3) is 18.8.